The van der Waals surface area contributed by atoms with Gasteiger partial charge < -0.3 is 4.90 Å². The van der Waals surface area contributed by atoms with Crippen LogP contribution in [0.4, 0.5) is 0 Å². The minimum Gasteiger partial charge on any atom is -0.302 e. The highest BCUT2D eigenvalue weighted by atomic mass is 127. The molecule has 0 aromatic heterocycles. The van der Waals surface area contributed by atoms with Crippen LogP contribution in [-0.2, 0) is 0 Å². The molecule has 3 heteroatoms. The van der Waals surface area contributed by atoms with E-state index >= 15 is 0 Å². The zero-order valence-corrected chi connectivity index (χ0v) is 15.0. The second-order valence-electron chi connectivity index (χ2n) is 7.14. The monoisotopic (exact) mass is 396 g/mol. The Balaban J connectivity index is 1.71. The third-order valence-electron chi connectivity index (χ3n) is 6.07. The van der Waals surface area contributed by atoms with E-state index in [0.29, 0.717) is 0 Å². The van der Waals surface area contributed by atoms with Gasteiger partial charge in [0.2, 0.25) is 0 Å². The minimum absolute atomic E-state index is 0.736. The van der Waals surface area contributed by atoms with Crippen LogP contribution in [0.5, 0.6) is 0 Å². The molecule has 3 unspecified atom stereocenters. The third kappa shape index (κ3) is 2.55. The maximum absolute atomic E-state index is 2.81. The van der Waals surface area contributed by atoms with Gasteiger partial charge in [-0.05, 0) is 98.6 Å². The molecule has 4 aliphatic rings. The van der Waals surface area contributed by atoms with Gasteiger partial charge >= 0.3 is 0 Å². The summed E-state index contributed by atoms with van der Waals surface area (Å²) in [6.07, 6.45) is 5.55. The summed E-state index contributed by atoms with van der Waals surface area (Å²) < 4.78 is 1.35. The fourth-order valence-corrected chi connectivity index (χ4v) is 5.48. The Bertz CT molecular complexity index is 492. The molecule has 1 aromatic carbocycles. The first-order valence-electron chi connectivity index (χ1n) is 8.44. The lowest BCUT2D eigenvalue weighted by Gasteiger charge is -2.55. The molecule has 114 valence electrons. The summed E-state index contributed by atoms with van der Waals surface area (Å²) in [6, 6.07) is 10.9. The molecule has 4 saturated heterocycles. The van der Waals surface area contributed by atoms with Gasteiger partial charge in [-0.3, -0.25) is 4.90 Å². The first kappa shape index (κ1) is 14.5. The Labute approximate surface area is 142 Å². The minimum atomic E-state index is 0.736. The van der Waals surface area contributed by atoms with Crippen LogP contribution in [0, 0.1) is 9.49 Å². The highest BCUT2D eigenvalue weighted by Crippen LogP contribution is 2.44. The molecule has 0 saturated carbocycles. The molecular weight excluding hydrogens is 371 g/mol. The number of fused-ring (bicyclic) bond motifs is 2. The number of hydrogen-bond acceptors (Lipinski definition) is 2. The molecule has 1 aromatic rings. The quantitative estimate of drug-likeness (QED) is 0.670. The molecule has 21 heavy (non-hydrogen) atoms. The maximum Gasteiger partial charge on any atom is 0.0322 e. The number of piperidine rings is 3. The van der Waals surface area contributed by atoms with Crippen molar-refractivity contribution in [1.29, 1.82) is 0 Å². The van der Waals surface area contributed by atoms with Crippen LogP contribution in [0.2, 0.25) is 0 Å². The highest BCUT2D eigenvalue weighted by molar-refractivity contribution is 14.1. The summed E-state index contributed by atoms with van der Waals surface area (Å²) in [5, 5.41) is 0. The van der Waals surface area contributed by atoms with E-state index in [0.717, 1.165) is 23.9 Å². The van der Waals surface area contributed by atoms with Crippen LogP contribution in [0.3, 0.4) is 0 Å². The fourth-order valence-electron chi connectivity index (χ4n) is 5.12. The van der Waals surface area contributed by atoms with Gasteiger partial charge in [-0.15, -0.1) is 0 Å². The second-order valence-corrected chi connectivity index (χ2v) is 8.38. The second kappa shape index (κ2) is 5.82. The van der Waals surface area contributed by atoms with E-state index < -0.39 is 0 Å². The molecule has 4 aliphatic heterocycles. The van der Waals surface area contributed by atoms with E-state index in [9.17, 15) is 0 Å². The Kier molecular flexibility index (Phi) is 4.01. The van der Waals surface area contributed by atoms with E-state index in [1.54, 1.807) is 5.56 Å². The van der Waals surface area contributed by atoms with E-state index in [1.165, 1.54) is 48.9 Å². The van der Waals surface area contributed by atoms with Gasteiger partial charge in [-0.2, -0.15) is 0 Å². The molecule has 4 fully saturated rings. The van der Waals surface area contributed by atoms with E-state index in [-0.39, 0.29) is 0 Å². The molecule has 0 radical (unpaired) electrons. The van der Waals surface area contributed by atoms with Crippen LogP contribution in [0.25, 0.3) is 0 Å². The van der Waals surface area contributed by atoms with Crippen LogP contribution < -0.4 is 0 Å². The predicted octanol–water partition coefficient (Wildman–Crippen LogP) is 3.56. The summed E-state index contributed by atoms with van der Waals surface area (Å²) in [5.74, 6) is 1.68. The standard InChI is InChI=1S/C18H25IN2/c1-20-10-2-3-16(13-4-6-15(19)7-5-13)18-17(20)14-8-11-21(18)12-9-14/h4-7,14,16-18H,2-3,8-12H2,1H3. The largest absolute Gasteiger partial charge is 0.302 e. The Morgan fingerprint density at radius 2 is 1.67 bits per heavy atom. The molecule has 0 spiro atoms. The first-order valence-corrected chi connectivity index (χ1v) is 9.51. The highest BCUT2D eigenvalue weighted by Gasteiger charge is 2.48. The molecule has 0 aliphatic carbocycles. The fraction of sp³-hybridized carbons (Fsp3) is 0.667. The van der Waals surface area contributed by atoms with Gasteiger partial charge in [0.15, 0.2) is 0 Å². The lowest BCUT2D eigenvalue weighted by molar-refractivity contribution is -0.0373. The molecule has 4 heterocycles. The molecule has 2 bridgehead atoms. The van der Waals surface area contributed by atoms with Crippen LogP contribution in [0.1, 0.15) is 37.2 Å². The molecule has 0 amide bonds. The lowest BCUT2D eigenvalue weighted by Crippen LogP contribution is -2.63. The molecule has 3 atom stereocenters. The first-order chi connectivity index (χ1) is 10.2. The Morgan fingerprint density at radius 1 is 0.952 bits per heavy atom. The van der Waals surface area contributed by atoms with Crippen molar-refractivity contribution in [2.24, 2.45) is 5.92 Å². The predicted molar refractivity (Wildman–Crippen MR) is 95.6 cm³/mol. The van der Waals surface area contributed by atoms with Gasteiger partial charge in [0.25, 0.3) is 0 Å². The summed E-state index contributed by atoms with van der Waals surface area (Å²) in [6.45, 7) is 3.95. The van der Waals surface area contributed by atoms with Crippen molar-refractivity contribution in [3.05, 3.63) is 33.4 Å². The average Bonchev–Trinajstić information content (AvgIpc) is 2.70. The Morgan fingerprint density at radius 3 is 2.38 bits per heavy atom. The molecule has 5 rings (SSSR count). The van der Waals surface area contributed by atoms with Gasteiger partial charge in [0.1, 0.15) is 0 Å². The number of benzene rings is 1. The summed E-state index contributed by atoms with van der Waals surface area (Å²) in [7, 11) is 2.37. The summed E-state index contributed by atoms with van der Waals surface area (Å²) in [5.41, 5.74) is 1.58. The van der Waals surface area contributed by atoms with Gasteiger partial charge in [-0.1, -0.05) is 12.1 Å². The van der Waals surface area contributed by atoms with E-state index in [2.05, 4.69) is 63.7 Å². The van der Waals surface area contributed by atoms with Gasteiger partial charge in [0.05, 0.1) is 0 Å². The third-order valence-corrected chi connectivity index (χ3v) is 6.79. The van der Waals surface area contributed by atoms with E-state index in [1.807, 2.05) is 0 Å². The van der Waals surface area contributed by atoms with Crippen molar-refractivity contribution < 1.29 is 0 Å². The number of likely N-dealkylation sites (tertiary alicyclic amines) is 1. The number of hydrogen-bond donors (Lipinski definition) is 0. The molecular formula is C18H25IN2. The normalized spacial score (nSPS) is 39.8. The zero-order chi connectivity index (χ0) is 14.4. The van der Waals surface area contributed by atoms with Crippen molar-refractivity contribution in [3.8, 4) is 0 Å². The lowest BCUT2D eigenvalue weighted by atomic mass is 9.72. The SMILES string of the molecule is CN1CCCC(c2ccc(I)cc2)C2C1C1CCN2CC1. The van der Waals surface area contributed by atoms with Crippen LogP contribution >= 0.6 is 22.6 Å². The zero-order valence-electron chi connectivity index (χ0n) is 12.8. The van der Waals surface area contributed by atoms with Gasteiger partial charge in [0, 0.05) is 21.6 Å². The van der Waals surface area contributed by atoms with Gasteiger partial charge in [-0.25, -0.2) is 0 Å². The Hall–Kier alpha value is -0.130. The number of halogens is 1. The van der Waals surface area contributed by atoms with Crippen LogP contribution in [-0.4, -0.2) is 48.6 Å². The number of rotatable bonds is 1. The number of nitrogens with zero attached hydrogens (tertiary/aromatic N) is 2. The van der Waals surface area contributed by atoms with Crippen molar-refractivity contribution in [2.45, 2.75) is 43.7 Å². The average molecular weight is 396 g/mol. The summed E-state index contributed by atoms with van der Waals surface area (Å²) in [4.78, 5) is 5.50. The van der Waals surface area contributed by atoms with Crippen molar-refractivity contribution >= 4 is 22.6 Å². The van der Waals surface area contributed by atoms with Crippen LogP contribution in [0.15, 0.2) is 24.3 Å². The molecule has 0 N–H and O–H groups in total. The van der Waals surface area contributed by atoms with Crippen molar-refractivity contribution in [2.75, 3.05) is 26.7 Å². The van der Waals surface area contributed by atoms with Crippen molar-refractivity contribution in [3.63, 3.8) is 0 Å². The topological polar surface area (TPSA) is 6.48 Å². The summed E-state index contributed by atoms with van der Waals surface area (Å²) >= 11 is 2.42. The van der Waals surface area contributed by atoms with E-state index in [4.69, 9.17) is 0 Å². The van der Waals surface area contributed by atoms with Crippen molar-refractivity contribution in [1.82, 2.24) is 9.80 Å². The maximum atomic E-state index is 2.81. The number of likely N-dealkylation sites (N-methyl/N-ethyl adjacent to an activating group) is 1. The smallest absolute Gasteiger partial charge is 0.0322 e. The molecule has 2 nitrogen and oxygen atoms in total.